The van der Waals surface area contributed by atoms with Crippen molar-refractivity contribution in [2.75, 3.05) is 46.9 Å². The molecule has 1 N–H and O–H groups in total. The predicted molar refractivity (Wildman–Crippen MR) is 152 cm³/mol. The number of likely N-dealkylation sites (tertiary alicyclic amines) is 2. The molecule has 0 saturated carbocycles. The summed E-state index contributed by atoms with van der Waals surface area (Å²) in [7, 11) is 3.04. The normalized spacial score (nSPS) is 24.6. The fourth-order valence-corrected chi connectivity index (χ4v) is 7.12. The summed E-state index contributed by atoms with van der Waals surface area (Å²) in [5, 5.41) is 3.00. The number of ether oxygens (including phenoxy) is 2. The van der Waals surface area contributed by atoms with E-state index in [0.29, 0.717) is 32.0 Å². The summed E-state index contributed by atoms with van der Waals surface area (Å²) >= 11 is 0. The monoisotopic (exact) mass is 587 g/mol. The Bertz CT molecular complexity index is 1250. The Labute approximate surface area is 245 Å². The van der Waals surface area contributed by atoms with Gasteiger partial charge < -0.3 is 24.6 Å². The number of piperidine rings is 3. The number of methoxy groups -OCH3 is 1. The smallest absolute Gasteiger partial charge is 0.430 e. The fourth-order valence-electron chi connectivity index (χ4n) is 7.12. The van der Waals surface area contributed by atoms with Gasteiger partial charge in [0.05, 0.1) is 0 Å². The first-order valence-corrected chi connectivity index (χ1v) is 14.8. The molecule has 3 fully saturated rings. The molecule has 3 heterocycles. The van der Waals surface area contributed by atoms with Crippen molar-refractivity contribution in [2.24, 2.45) is 5.41 Å². The third-order valence-electron chi connectivity index (χ3n) is 9.64. The summed E-state index contributed by atoms with van der Waals surface area (Å²) in [6, 6.07) is 15.3. The highest BCUT2D eigenvalue weighted by atomic mass is 19.4. The Morgan fingerprint density at radius 1 is 1.02 bits per heavy atom. The number of amides is 2. The second kappa shape index (κ2) is 12.2. The van der Waals surface area contributed by atoms with Crippen molar-refractivity contribution in [2.45, 2.75) is 62.3 Å². The summed E-state index contributed by atoms with van der Waals surface area (Å²) in [5.74, 6) is -0.540. The second-order valence-electron chi connectivity index (χ2n) is 11.9. The van der Waals surface area contributed by atoms with Crippen molar-refractivity contribution in [1.82, 2.24) is 15.1 Å². The van der Waals surface area contributed by atoms with Gasteiger partial charge in [0.25, 0.3) is 11.5 Å². The van der Waals surface area contributed by atoms with Crippen LogP contribution in [0, 0.1) is 5.41 Å². The highest BCUT2D eigenvalue weighted by Crippen LogP contribution is 2.52. The number of nitrogens with zero attached hydrogens (tertiary/aromatic N) is 2. The van der Waals surface area contributed by atoms with Crippen LogP contribution in [0.3, 0.4) is 0 Å². The summed E-state index contributed by atoms with van der Waals surface area (Å²) in [5.41, 5.74) is -2.88. The number of hydrogen-bond donors (Lipinski definition) is 1. The number of para-hydroxylation sites is 1. The maximum Gasteiger partial charge on any atom is 0.430 e. The quantitative estimate of drug-likeness (QED) is 0.501. The van der Waals surface area contributed by atoms with Crippen LogP contribution in [0.2, 0.25) is 0 Å². The molecule has 2 amide bonds. The standard InChI is InChI=1S/C32H40F3N3O4/c1-37-17-9-8-12-24(37)22-42-27-14-7-6-13-25(27)26-21-36-28(39)20-30(26)15-18-38(19-16-30)29(40)31(41-2,32(33,34)35)23-10-4-3-5-11-23/h3-7,10-11,13-14,24,26H,8-9,12,15-22H2,1-2H3,(H,36,39)/t24?,26-,31+/m0/s1. The number of rotatable bonds is 7. The van der Waals surface area contributed by atoms with Gasteiger partial charge in [-0.3, -0.25) is 9.59 Å². The molecule has 1 unspecified atom stereocenters. The van der Waals surface area contributed by atoms with Crippen LogP contribution in [0.15, 0.2) is 54.6 Å². The second-order valence-corrected chi connectivity index (χ2v) is 11.9. The van der Waals surface area contributed by atoms with E-state index in [0.717, 1.165) is 31.4 Å². The Kier molecular flexibility index (Phi) is 8.85. The van der Waals surface area contributed by atoms with Crippen LogP contribution in [0.5, 0.6) is 5.75 Å². The van der Waals surface area contributed by atoms with Crippen LogP contribution in [-0.2, 0) is 19.9 Å². The number of carbonyl (C=O) groups is 2. The maximum atomic E-state index is 14.6. The van der Waals surface area contributed by atoms with Crippen molar-refractivity contribution < 1.29 is 32.2 Å². The number of hydrogen-bond acceptors (Lipinski definition) is 5. The number of carbonyl (C=O) groups excluding carboxylic acids is 2. The lowest BCUT2D eigenvalue weighted by Crippen LogP contribution is -2.60. The van der Waals surface area contributed by atoms with E-state index in [9.17, 15) is 22.8 Å². The van der Waals surface area contributed by atoms with Gasteiger partial charge in [-0.15, -0.1) is 0 Å². The average Bonchev–Trinajstić information content (AvgIpc) is 2.98. The lowest BCUT2D eigenvalue weighted by atomic mass is 9.62. The molecule has 2 aromatic rings. The number of halogens is 3. The molecule has 5 rings (SSSR count). The minimum Gasteiger partial charge on any atom is -0.492 e. The molecule has 3 aliphatic rings. The zero-order valence-corrected chi connectivity index (χ0v) is 24.3. The molecule has 0 aliphatic carbocycles. The van der Waals surface area contributed by atoms with Crippen molar-refractivity contribution in [3.05, 3.63) is 65.7 Å². The van der Waals surface area contributed by atoms with Gasteiger partial charge in [-0.2, -0.15) is 13.2 Å². The van der Waals surface area contributed by atoms with Crippen LogP contribution in [0.25, 0.3) is 0 Å². The molecule has 0 radical (unpaired) electrons. The molecule has 1 spiro atoms. The molecule has 10 heteroatoms. The summed E-state index contributed by atoms with van der Waals surface area (Å²) in [6.45, 7) is 2.20. The molecule has 0 aromatic heterocycles. The molecule has 0 bridgehead atoms. The van der Waals surface area contributed by atoms with Crippen molar-refractivity contribution in [1.29, 1.82) is 0 Å². The van der Waals surface area contributed by atoms with Crippen molar-refractivity contribution >= 4 is 11.8 Å². The fraction of sp³-hybridized carbons (Fsp3) is 0.562. The summed E-state index contributed by atoms with van der Waals surface area (Å²) in [6.07, 6.45) is -0.497. The van der Waals surface area contributed by atoms with Gasteiger partial charge in [0, 0.05) is 50.7 Å². The summed E-state index contributed by atoms with van der Waals surface area (Å²) < 4.78 is 55.2. The molecule has 42 heavy (non-hydrogen) atoms. The van der Waals surface area contributed by atoms with E-state index in [4.69, 9.17) is 9.47 Å². The minimum absolute atomic E-state index is 0.0842. The molecular formula is C32H40F3N3O4. The zero-order chi connectivity index (χ0) is 30.0. The maximum absolute atomic E-state index is 14.6. The molecule has 7 nitrogen and oxygen atoms in total. The van der Waals surface area contributed by atoms with Gasteiger partial charge in [0.15, 0.2) is 0 Å². The van der Waals surface area contributed by atoms with Crippen LogP contribution in [0.4, 0.5) is 13.2 Å². The van der Waals surface area contributed by atoms with Crippen LogP contribution < -0.4 is 10.1 Å². The Morgan fingerprint density at radius 2 is 1.71 bits per heavy atom. The number of likely N-dealkylation sites (N-methyl/N-ethyl adjacent to an activating group) is 1. The number of benzene rings is 2. The number of nitrogens with one attached hydrogen (secondary N) is 1. The van der Waals surface area contributed by atoms with E-state index in [-0.39, 0.29) is 36.9 Å². The van der Waals surface area contributed by atoms with E-state index in [2.05, 4.69) is 17.3 Å². The highest BCUT2D eigenvalue weighted by molar-refractivity contribution is 5.88. The van der Waals surface area contributed by atoms with Crippen LogP contribution in [0.1, 0.15) is 55.6 Å². The highest BCUT2D eigenvalue weighted by Gasteiger charge is 2.64. The van der Waals surface area contributed by atoms with Gasteiger partial charge in [-0.25, -0.2) is 0 Å². The van der Waals surface area contributed by atoms with Gasteiger partial charge >= 0.3 is 6.18 Å². The molecule has 3 aliphatic heterocycles. The van der Waals surface area contributed by atoms with Crippen molar-refractivity contribution in [3.8, 4) is 5.75 Å². The topological polar surface area (TPSA) is 71.1 Å². The van der Waals surface area contributed by atoms with E-state index in [1.165, 1.54) is 42.0 Å². The van der Waals surface area contributed by atoms with Crippen molar-refractivity contribution in [3.63, 3.8) is 0 Å². The van der Waals surface area contributed by atoms with Crippen LogP contribution >= 0.6 is 0 Å². The first-order chi connectivity index (χ1) is 20.1. The Balaban J connectivity index is 1.38. The minimum atomic E-state index is -4.97. The van der Waals surface area contributed by atoms with E-state index < -0.39 is 23.1 Å². The molecule has 2 aromatic carbocycles. The predicted octanol–water partition coefficient (Wildman–Crippen LogP) is 4.87. The van der Waals surface area contributed by atoms with E-state index in [1.807, 2.05) is 24.3 Å². The van der Waals surface area contributed by atoms with E-state index >= 15 is 0 Å². The van der Waals surface area contributed by atoms with Crippen LogP contribution in [-0.4, -0.2) is 80.8 Å². The SMILES string of the molecule is CO[C@@](C(=O)N1CCC2(CC1)CC(=O)NC[C@H]2c1ccccc1OCC1CCCCN1C)(c1ccccc1)C(F)(F)F. The zero-order valence-electron chi connectivity index (χ0n) is 24.3. The van der Waals surface area contributed by atoms with Gasteiger partial charge in [0.1, 0.15) is 12.4 Å². The average molecular weight is 588 g/mol. The first kappa shape index (κ1) is 30.4. The van der Waals surface area contributed by atoms with Gasteiger partial charge in [-0.1, -0.05) is 55.0 Å². The third kappa shape index (κ3) is 5.63. The third-order valence-corrected chi connectivity index (χ3v) is 9.64. The molecule has 3 atom stereocenters. The first-order valence-electron chi connectivity index (χ1n) is 14.8. The lowest BCUT2D eigenvalue weighted by Gasteiger charge is -2.50. The lowest BCUT2D eigenvalue weighted by molar-refractivity contribution is -0.271. The van der Waals surface area contributed by atoms with E-state index in [1.54, 1.807) is 6.07 Å². The molecule has 3 saturated heterocycles. The Morgan fingerprint density at radius 3 is 2.38 bits per heavy atom. The Hall–Kier alpha value is -3.11. The number of alkyl halides is 3. The molecule has 228 valence electrons. The summed E-state index contributed by atoms with van der Waals surface area (Å²) in [4.78, 5) is 30.0. The van der Waals surface area contributed by atoms with Gasteiger partial charge in [-0.05, 0) is 56.3 Å². The largest absolute Gasteiger partial charge is 0.492 e. The molecular weight excluding hydrogens is 547 g/mol. The van der Waals surface area contributed by atoms with Gasteiger partial charge in [0.2, 0.25) is 5.91 Å².